The third kappa shape index (κ3) is 4.27. The van der Waals surface area contributed by atoms with E-state index in [1.807, 2.05) is 30.3 Å². The maximum absolute atomic E-state index is 12.6. The normalized spacial score (nSPS) is 20.1. The number of nitro groups is 1. The van der Waals surface area contributed by atoms with Gasteiger partial charge in [0.25, 0.3) is 6.04 Å². The third-order valence-electron chi connectivity index (χ3n) is 4.57. The summed E-state index contributed by atoms with van der Waals surface area (Å²) in [5, 5.41) is 11.8. The lowest BCUT2D eigenvalue weighted by atomic mass is 9.77. The summed E-state index contributed by atoms with van der Waals surface area (Å²) in [7, 11) is 0. The SMILES string of the molecule is CC1=NC(C)=C(c2ccccc2)C(c2ccc(SC(F)(F)F)cc2)C1[N+](=O)[O-]. The first kappa shape index (κ1) is 20.1. The summed E-state index contributed by atoms with van der Waals surface area (Å²) in [4.78, 5) is 15.9. The average Bonchev–Trinajstić information content (AvgIpc) is 2.61. The van der Waals surface area contributed by atoms with Crippen LogP contribution in [0, 0.1) is 10.1 Å². The molecule has 0 spiro atoms. The van der Waals surface area contributed by atoms with Crippen LogP contribution in [-0.4, -0.2) is 22.2 Å². The zero-order valence-corrected chi connectivity index (χ0v) is 15.9. The van der Waals surface area contributed by atoms with Gasteiger partial charge in [-0.1, -0.05) is 42.5 Å². The van der Waals surface area contributed by atoms with E-state index in [0.29, 0.717) is 22.5 Å². The van der Waals surface area contributed by atoms with Gasteiger partial charge in [0.2, 0.25) is 0 Å². The summed E-state index contributed by atoms with van der Waals surface area (Å²) in [5.41, 5.74) is -1.24. The van der Waals surface area contributed by atoms with Crippen LogP contribution in [0.5, 0.6) is 0 Å². The van der Waals surface area contributed by atoms with Crippen molar-refractivity contribution in [3.05, 3.63) is 81.5 Å². The van der Waals surface area contributed by atoms with E-state index in [-0.39, 0.29) is 21.6 Å². The molecule has 0 aliphatic carbocycles. The summed E-state index contributed by atoms with van der Waals surface area (Å²) in [6.45, 7) is 3.41. The lowest BCUT2D eigenvalue weighted by molar-refractivity contribution is -0.504. The van der Waals surface area contributed by atoms with Crippen LogP contribution in [0.3, 0.4) is 0 Å². The fourth-order valence-corrected chi connectivity index (χ4v) is 4.06. The summed E-state index contributed by atoms with van der Waals surface area (Å²) in [6.07, 6.45) is 0. The van der Waals surface area contributed by atoms with Crippen LogP contribution in [0.15, 0.2) is 70.2 Å². The van der Waals surface area contributed by atoms with E-state index < -0.39 is 17.5 Å². The second-order valence-corrected chi connectivity index (χ2v) is 7.58. The quantitative estimate of drug-likeness (QED) is 0.359. The molecule has 0 bridgehead atoms. The molecule has 0 fully saturated rings. The molecule has 0 N–H and O–H groups in total. The number of halogens is 3. The van der Waals surface area contributed by atoms with E-state index in [1.54, 1.807) is 13.8 Å². The van der Waals surface area contributed by atoms with Crippen LogP contribution in [0.25, 0.3) is 5.57 Å². The topological polar surface area (TPSA) is 55.5 Å². The van der Waals surface area contributed by atoms with Gasteiger partial charge in [-0.05, 0) is 54.4 Å². The molecule has 146 valence electrons. The molecule has 4 nitrogen and oxygen atoms in total. The molecule has 28 heavy (non-hydrogen) atoms. The summed E-state index contributed by atoms with van der Waals surface area (Å²) < 4.78 is 37.8. The van der Waals surface area contributed by atoms with E-state index in [9.17, 15) is 23.3 Å². The Hall–Kier alpha value is -2.61. The van der Waals surface area contributed by atoms with Gasteiger partial charge in [0.1, 0.15) is 0 Å². The Bertz CT molecular complexity index is 938. The van der Waals surface area contributed by atoms with E-state index >= 15 is 0 Å². The zero-order valence-electron chi connectivity index (χ0n) is 15.1. The maximum atomic E-state index is 12.6. The molecule has 2 aromatic carbocycles. The van der Waals surface area contributed by atoms with Gasteiger partial charge >= 0.3 is 5.51 Å². The standard InChI is InChI=1S/C20H17F3N2O2S/c1-12-17(14-6-4-3-5-7-14)18(19(25(26)27)13(2)24-12)15-8-10-16(11-9-15)28-20(21,22)23/h3-11,18-19H,1-2H3. The minimum atomic E-state index is -4.38. The molecular formula is C20H17F3N2O2S. The lowest BCUT2D eigenvalue weighted by Gasteiger charge is -2.29. The van der Waals surface area contributed by atoms with E-state index in [4.69, 9.17) is 0 Å². The van der Waals surface area contributed by atoms with Crippen LogP contribution in [0.1, 0.15) is 30.9 Å². The highest BCUT2D eigenvalue weighted by atomic mass is 32.2. The van der Waals surface area contributed by atoms with Crippen LogP contribution < -0.4 is 0 Å². The molecule has 2 unspecified atom stereocenters. The third-order valence-corrected chi connectivity index (χ3v) is 5.31. The first-order valence-corrected chi connectivity index (χ1v) is 9.29. The van der Waals surface area contributed by atoms with Crippen molar-refractivity contribution >= 4 is 23.0 Å². The lowest BCUT2D eigenvalue weighted by Crippen LogP contribution is -2.37. The van der Waals surface area contributed by atoms with E-state index in [0.717, 1.165) is 5.56 Å². The van der Waals surface area contributed by atoms with Gasteiger partial charge in [-0.15, -0.1) is 0 Å². The number of hydrogen-bond acceptors (Lipinski definition) is 4. The summed E-state index contributed by atoms with van der Waals surface area (Å²) >= 11 is -0.208. The van der Waals surface area contributed by atoms with Gasteiger partial charge < -0.3 is 0 Å². The Morgan fingerprint density at radius 3 is 2.18 bits per heavy atom. The largest absolute Gasteiger partial charge is 0.446 e. The zero-order chi connectivity index (χ0) is 20.5. The molecule has 0 aromatic heterocycles. The molecule has 8 heteroatoms. The minimum absolute atomic E-state index is 0.0389. The van der Waals surface area contributed by atoms with E-state index in [1.165, 1.54) is 24.3 Å². The molecule has 0 saturated carbocycles. The van der Waals surface area contributed by atoms with Gasteiger partial charge in [0.15, 0.2) is 0 Å². The number of nitrogens with zero attached hydrogens (tertiary/aromatic N) is 2. The molecule has 1 aliphatic heterocycles. The first-order chi connectivity index (χ1) is 13.2. The van der Waals surface area contributed by atoms with Gasteiger partial charge in [0.05, 0.1) is 11.6 Å². The van der Waals surface area contributed by atoms with Crippen molar-refractivity contribution in [2.45, 2.75) is 36.2 Å². The number of thioether (sulfide) groups is 1. The van der Waals surface area contributed by atoms with Crippen molar-refractivity contribution in [3.8, 4) is 0 Å². The molecule has 2 atom stereocenters. The van der Waals surface area contributed by atoms with Gasteiger partial charge in [0, 0.05) is 15.5 Å². The van der Waals surface area contributed by atoms with Crippen molar-refractivity contribution < 1.29 is 18.1 Å². The number of aliphatic imine (C=N–C) groups is 1. The predicted octanol–water partition coefficient (Wildman–Crippen LogP) is 5.93. The number of hydrogen-bond donors (Lipinski definition) is 0. The van der Waals surface area contributed by atoms with Crippen molar-refractivity contribution in [2.24, 2.45) is 4.99 Å². The number of benzene rings is 2. The maximum Gasteiger partial charge on any atom is 0.446 e. The summed E-state index contributed by atoms with van der Waals surface area (Å²) in [5.74, 6) is -0.639. The highest BCUT2D eigenvalue weighted by Crippen LogP contribution is 2.43. The molecule has 1 heterocycles. The van der Waals surface area contributed by atoms with Gasteiger partial charge in [-0.3, -0.25) is 15.1 Å². The van der Waals surface area contributed by atoms with Crippen molar-refractivity contribution in [2.75, 3.05) is 0 Å². The second-order valence-electron chi connectivity index (χ2n) is 6.44. The highest BCUT2D eigenvalue weighted by Gasteiger charge is 2.42. The summed E-state index contributed by atoms with van der Waals surface area (Å²) in [6, 6.07) is 13.9. The smallest absolute Gasteiger partial charge is 0.264 e. The predicted molar refractivity (Wildman–Crippen MR) is 104 cm³/mol. The molecule has 3 rings (SSSR count). The molecule has 1 aliphatic rings. The number of allylic oxidation sites excluding steroid dienone is 1. The second kappa shape index (κ2) is 7.79. The Kier molecular flexibility index (Phi) is 5.60. The molecular weight excluding hydrogens is 389 g/mol. The molecule has 2 aromatic rings. The van der Waals surface area contributed by atoms with Crippen LogP contribution in [0.4, 0.5) is 13.2 Å². The number of rotatable bonds is 4. The van der Waals surface area contributed by atoms with Crippen molar-refractivity contribution in [1.82, 2.24) is 0 Å². The monoisotopic (exact) mass is 406 g/mol. The van der Waals surface area contributed by atoms with Gasteiger partial charge in [-0.25, -0.2) is 0 Å². The fourth-order valence-electron chi connectivity index (χ4n) is 3.52. The van der Waals surface area contributed by atoms with Crippen LogP contribution in [-0.2, 0) is 0 Å². The Labute approximate surface area is 164 Å². The molecule has 0 saturated heterocycles. The van der Waals surface area contributed by atoms with Crippen LogP contribution >= 0.6 is 11.8 Å². The van der Waals surface area contributed by atoms with Gasteiger partial charge in [-0.2, -0.15) is 13.2 Å². The van der Waals surface area contributed by atoms with Crippen molar-refractivity contribution in [3.63, 3.8) is 0 Å². The van der Waals surface area contributed by atoms with Crippen molar-refractivity contribution in [1.29, 1.82) is 0 Å². The average molecular weight is 406 g/mol. The van der Waals surface area contributed by atoms with E-state index in [2.05, 4.69) is 4.99 Å². The minimum Gasteiger partial charge on any atom is -0.264 e. The molecule has 0 radical (unpaired) electrons. The first-order valence-electron chi connectivity index (χ1n) is 8.48. The highest BCUT2D eigenvalue weighted by molar-refractivity contribution is 8.00. The molecule has 0 amide bonds. The Balaban J connectivity index is 2.10. The number of alkyl halides is 3. The van der Waals surface area contributed by atoms with Crippen LogP contribution in [0.2, 0.25) is 0 Å². The Morgan fingerprint density at radius 2 is 1.64 bits per heavy atom. The fraction of sp³-hybridized carbons (Fsp3) is 0.250. The Morgan fingerprint density at radius 1 is 1.04 bits per heavy atom.